The molecule has 7 heteroatoms. The second-order valence-corrected chi connectivity index (χ2v) is 7.42. The third-order valence-electron chi connectivity index (χ3n) is 5.55. The number of imidazole rings is 1. The number of carbonyl (C=O) groups excluding carboxylic acids is 1. The Labute approximate surface area is 144 Å². The molecule has 2 heterocycles. The van der Waals surface area contributed by atoms with E-state index in [0.29, 0.717) is 37.0 Å². The van der Waals surface area contributed by atoms with Crippen molar-refractivity contribution in [2.75, 3.05) is 13.1 Å². The highest BCUT2D eigenvalue weighted by Gasteiger charge is 2.38. The number of aromatic nitrogens is 2. The average Bonchev–Trinajstić information content (AvgIpc) is 3.36. The van der Waals surface area contributed by atoms with Crippen molar-refractivity contribution >= 4 is 22.9 Å². The second-order valence-electron chi connectivity index (χ2n) is 7.42. The summed E-state index contributed by atoms with van der Waals surface area (Å²) in [7, 11) is 0. The van der Waals surface area contributed by atoms with E-state index in [4.69, 9.17) is 0 Å². The first kappa shape index (κ1) is 15.9. The van der Waals surface area contributed by atoms with Gasteiger partial charge in [-0.15, -0.1) is 0 Å². The molecule has 0 radical (unpaired) electrons. The lowest BCUT2D eigenvalue weighted by molar-refractivity contribution is -0.150. The number of amides is 1. The van der Waals surface area contributed by atoms with Gasteiger partial charge in [0.2, 0.25) is 0 Å². The SMILES string of the molecule is CC1(C(=O)O)CCN(C(=O)c2ccc3c(c2)[nH]c(=O)n3C2CC2)CC1. The Kier molecular flexibility index (Phi) is 3.49. The third kappa shape index (κ3) is 2.63. The lowest BCUT2D eigenvalue weighted by atomic mass is 9.80. The maximum atomic E-state index is 12.7. The number of aliphatic carboxylic acids is 1. The monoisotopic (exact) mass is 343 g/mol. The van der Waals surface area contributed by atoms with Gasteiger partial charge in [-0.3, -0.25) is 14.2 Å². The molecule has 1 aromatic carbocycles. The van der Waals surface area contributed by atoms with E-state index in [-0.39, 0.29) is 17.6 Å². The first-order chi connectivity index (χ1) is 11.9. The number of benzene rings is 1. The lowest BCUT2D eigenvalue weighted by Crippen LogP contribution is -2.45. The molecule has 132 valence electrons. The lowest BCUT2D eigenvalue weighted by Gasteiger charge is -2.36. The van der Waals surface area contributed by atoms with Gasteiger partial charge in [0.05, 0.1) is 16.4 Å². The van der Waals surface area contributed by atoms with Crippen molar-refractivity contribution in [1.82, 2.24) is 14.5 Å². The number of aromatic amines is 1. The van der Waals surface area contributed by atoms with E-state index in [0.717, 1.165) is 18.4 Å². The number of hydrogen-bond acceptors (Lipinski definition) is 3. The minimum Gasteiger partial charge on any atom is -0.481 e. The van der Waals surface area contributed by atoms with Crippen molar-refractivity contribution in [3.63, 3.8) is 0 Å². The van der Waals surface area contributed by atoms with Gasteiger partial charge in [0.25, 0.3) is 5.91 Å². The molecule has 1 saturated carbocycles. The summed E-state index contributed by atoms with van der Waals surface area (Å²) in [5.74, 6) is -0.922. The van der Waals surface area contributed by atoms with Gasteiger partial charge >= 0.3 is 11.7 Å². The Balaban J connectivity index is 1.57. The minimum absolute atomic E-state index is 0.116. The van der Waals surface area contributed by atoms with Gasteiger partial charge in [-0.2, -0.15) is 0 Å². The van der Waals surface area contributed by atoms with Crippen LogP contribution < -0.4 is 5.69 Å². The van der Waals surface area contributed by atoms with Crippen molar-refractivity contribution in [3.8, 4) is 0 Å². The molecule has 4 rings (SSSR count). The number of hydrogen-bond donors (Lipinski definition) is 2. The second kappa shape index (κ2) is 5.47. The summed E-state index contributed by atoms with van der Waals surface area (Å²) >= 11 is 0. The Bertz CT molecular complexity index is 914. The first-order valence-electron chi connectivity index (χ1n) is 8.66. The molecule has 1 aliphatic heterocycles. The number of rotatable bonds is 3. The number of H-pyrrole nitrogens is 1. The third-order valence-corrected chi connectivity index (χ3v) is 5.55. The van der Waals surface area contributed by atoms with Crippen LogP contribution >= 0.6 is 0 Å². The quantitative estimate of drug-likeness (QED) is 0.891. The highest BCUT2D eigenvalue weighted by Crippen LogP contribution is 2.36. The summed E-state index contributed by atoms with van der Waals surface area (Å²) < 4.78 is 1.77. The van der Waals surface area contributed by atoms with Crippen molar-refractivity contribution in [2.24, 2.45) is 5.41 Å². The molecule has 2 aromatic rings. The van der Waals surface area contributed by atoms with E-state index in [9.17, 15) is 19.5 Å². The van der Waals surface area contributed by atoms with Crippen LogP contribution in [0.3, 0.4) is 0 Å². The van der Waals surface area contributed by atoms with Gasteiger partial charge in [-0.25, -0.2) is 4.79 Å². The molecule has 0 spiro atoms. The summed E-state index contributed by atoms with van der Waals surface area (Å²) in [6.45, 7) is 2.59. The Morgan fingerprint density at radius 1 is 1.24 bits per heavy atom. The van der Waals surface area contributed by atoms with Gasteiger partial charge in [-0.05, 0) is 50.8 Å². The minimum atomic E-state index is -0.806. The van der Waals surface area contributed by atoms with Crippen LogP contribution in [0.1, 0.15) is 49.0 Å². The number of fused-ring (bicyclic) bond motifs is 1. The van der Waals surface area contributed by atoms with Crippen LogP contribution in [0.25, 0.3) is 11.0 Å². The molecule has 1 amide bonds. The van der Waals surface area contributed by atoms with Crippen LogP contribution in [0.5, 0.6) is 0 Å². The highest BCUT2D eigenvalue weighted by atomic mass is 16.4. The van der Waals surface area contributed by atoms with Crippen LogP contribution in [-0.2, 0) is 4.79 Å². The molecule has 2 aliphatic rings. The van der Waals surface area contributed by atoms with Gasteiger partial charge in [0.15, 0.2) is 0 Å². The number of carboxylic acid groups (broad SMARTS) is 1. The van der Waals surface area contributed by atoms with Crippen LogP contribution in [0.2, 0.25) is 0 Å². The maximum Gasteiger partial charge on any atom is 0.326 e. The molecule has 25 heavy (non-hydrogen) atoms. The molecule has 1 saturated heterocycles. The molecule has 0 atom stereocenters. The number of piperidine rings is 1. The van der Waals surface area contributed by atoms with Gasteiger partial charge < -0.3 is 15.0 Å². The topological polar surface area (TPSA) is 95.4 Å². The number of carboxylic acids is 1. The first-order valence-corrected chi connectivity index (χ1v) is 8.66. The zero-order chi connectivity index (χ0) is 17.8. The summed E-state index contributed by atoms with van der Waals surface area (Å²) in [4.78, 5) is 40.7. The largest absolute Gasteiger partial charge is 0.481 e. The van der Waals surface area contributed by atoms with Crippen molar-refractivity contribution < 1.29 is 14.7 Å². The van der Waals surface area contributed by atoms with E-state index >= 15 is 0 Å². The maximum absolute atomic E-state index is 12.7. The zero-order valence-electron chi connectivity index (χ0n) is 14.1. The fraction of sp³-hybridized carbons (Fsp3) is 0.500. The Hall–Kier alpha value is -2.57. The van der Waals surface area contributed by atoms with E-state index < -0.39 is 11.4 Å². The smallest absolute Gasteiger partial charge is 0.326 e. The van der Waals surface area contributed by atoms with Gasteiger partial charge in [-0.1, -0.05) is 0 Å². The molecule has 0 bridgehead atoms. The standard InChI is InChI=1S/C18H21N3O4/c1-18(16(23)24)6-8-20(9-7-18)15(22)11-2-5-14-13(10-11)19-17(25)21(14)12-3-4-12/h2,5,10,12H,3-4,6-9H2,1H3,(H,19,25)(H,23,24). The molecular weight excluding hydrogens is 322 g/mol. The molecule has 2 fully saturated rings. The molecule has 1 aliphatic carbocycles. The molecule has 0 unspecified atom stereocenters. The van der Waals surface area contributed by atoms with Gasteiger partial charge in [0.1, 0.15) is 0 Å². The highest BCUT2D eigenvalue weighted by molar-refractivity contribution is 5.97. The van der Waals surface area contributed by atoms with E-state index in [1.807, 2.05) is 6.07 Å². The molecular formula is C18H21N3O4. The van der Waals surface area contributed by atoms with Gasteiger partial charge in [0, 0.05) is 24.7 Å². The molecule has 1 aromatic heterocycles. The van der Waals surface area contributed by atoms with Crippen molar-refractivity contribution in [2.45, 2.75) is 38.6 Å². The fourth-order valence-corrected chi connectivity index (χ4v) is 3.56. The Morgan fingerprint density at radius 3 is 2.52 bits per heavy atom. The average molecular weight is 343 g/mol. The zero-order valence-corrected chi connectivity index (χ0v) is 14.1. The number of nitrogens with one attached hydrogen (secondary N) is 1. The van der Waals surface area contributed by atoms with Crippen molar-refractivity contribution in [1.29, 1.82) is 0 Å². The van der Waals surface area contributed by atoms with Crippen LogP contribution in [0.4, 0.5) is 0 Å². The Morgan fingerprint density at radius 2 is 1.92 bits per heavy atom. The summed E-state index contributed by atoms with van der Waals surface area (Å²) in [6.07, 6.45) is 2.93. The van der Waals surface area contributed by atoms with Crippen molar-refractivity contribution in [3.05, 3.63) is 34.2 Å². The fourth-order valence-electron chi connectivity index (χ4n) is 3.56. The normalized spacial score (nSPS) is 20.0. The number of carbonyl (C=O) groups is 2. The number of likely N-dealkylation sites (tertiary alicyclic amines) is 1. The van der Waals surface area contributed by atoms with E-state index in [1.54, 1.807) is 28.5 Å². The molecule has 2 N–H and O–H groups in total. The predicted octanol–water partition coefficient (Wildman–Crippen LogP) is 1.99. The van der Waals surface area contributed by atoms with Crippen LogP contribution in [0, 0.1) is 5.41 Å². The molecule has 7 nitrogen and oxygen atoms in total. The number of nitrogens with zero attached hydrogens (tertiary/aromatic N) is 2. The summed E-state index contributed by atoms with van der Waals surface area (Å²) in [5, 5.41) is 9.30. The predicted molar refractivity (Wildman–Crippen MR) is 91.7 cm³/mol. The summed E-state index contributed by atoms with van der Waals surface area (Å²) in [6, 6.07) is 5.58. The van der Waals surface area contributed by atoms with Crippen LogP contribution in [-0.4, -0.2) is 44.5 Å². The van der Waals surface area contributed by atoms with E-state index in [2.05, 4.69) is 4.98 Å². The van der Waals surface area contributed by atoms with E-state index in [1.165, 1.54) is 0 Å². The van der Waals surface area contributed by atoms with Crippen LogP contribution in [0.15, 0.2) is 23.0 Å². The summed E-state index contributed by atoms with van der Waals surface area (Å²) in [5.41, 5.74) is 1.15.